The molecular weight excluding hydrogens is 349 g/mol. The van der Waals surface area contributed by atoms with Gasteiger partial charge in [-0.2, -0.15) is 5.10 Å². The summed E-state index contributed by atoms with van der Waals surface area (Å²) >= 11 is 0. The normalized spacial score (nSPS) is 19.7. The molecule has 1 aromatic carbocycles. The van der Waals surface area contributed by atoms with E-state index in [2.05, 4.69) is 5.10 Å². The molecule has 1 saturated heterocycles. The number of halogens is 1. The number of hydrogen-bond acceptors (Lipinski definition) is 4. The number of amides is 1. The predicted molar refractivity (Wildman–Crippen MR) is 97.5 cm³/mol. The Morgan fingerprint density at radius 3 is 2.63 bits per heavy atom. The number of piperidine rings is 1. The van der Waals surface area contributed by atoms with Crippen molar-refractivity contribution in [2.24, 2.45) is 12.5 Å². The Morgan fingerprint density at radius 1 is 1.26 bits per heavy atom. The summed E-state index contributed by atoms with van der Waals surface area (Å²) in [6.45, 7) is 2.90. The number of rotatable bonds is 5. The van der Waals surface area contributed by atoms with Crippen molar-refractivity contribution in [2.75, 3.05) is 19.7 Å². The lowest BCUT2D eigenvalue weighted by Gasteiger charge is -2.41. The number of aryl methyl sites for hydroxylation is 1. The summed E-state index contributed by atoms with van der Waals surface area (Å²) in [4.78, 5) is 27.5. The molecule has 1 fully saturated rings. The van der Waals surface area contributed by atoms with E-state index in [1.165, 1.54) is 16.8 Å². The lowest BCUT2D eigenvalue weighted by atomic mass is 9.75. The van der Waals surface area contributed by atoms with Gasteiger partial charge in [0.15, 0.2) is 0 Å². The molecule has 0 saturated carbocycles. The monoisotopic (exact) mass is 373 g/mol. The van der Waals surface area contributed by atoms with Crippen molar-refractivity contribution in [2.45, 2.75) is 26.2 Å². The third kappa shape index (κ3) is 4.02. The summed E-state index contributed by atoms with van der Waals surface area (Å²) in [5.41, 5.74) is 0.496. The van der Waals surface area contributed by atoms with Crippen LogP contribution in [0.4, 0.5) is 4.39 Å². The highest BCUT2D eigenvalue weighted by molar-refractivity contribution is 5.93. The summed E-state index contributed by atoms with van der Waals surface area (Å²) in [5, 5.41) is 4.05. The Hall–Kier alpha value is -2.70. The van der Waals surface area contributed by atoms with Gasteiger partial charge in [0.05, 0.1) is 12.0 Å². The molecule has 0 aliphatic carbocycles. The molecule has 1 atom stereocenters. The van der Waals surface area contributed by atoms with Crippen molar-refractivity contribution < 1.29 is 18.7 Å². The molecule has 0 unspecified atom stereocenters. The Balaban J connectivity index is 1.87. The summed E-state index contributed by atoms with van der Waals surface area (Å²) in [7, 11) is 1.72. The quantitative estimate of drug-likeness (QED) is 0.756. The van der Waals surface area contributed by atoms with Crippen LogP contribution in [0.1, 0.15) is 35.8 Å². The van der Waals surface area contributed by atoms with Crippen molar-refractivity contribution in [1.82, 2.24) is 14.7 Å². The molecule has 0 bridgehead atoms. The SMILES string of the molecule is CCOC(=O)[C@]1(Cc2ccc(F)cc2)CCCN(C(=O)c2ccnn2C)C1. The number of likely N-dealkylation sites (tertiary alicyclic amines) is 1. The van der Waals surface area contributed by atoms with Crippen molar-refractivity contribution in [3.8, 4) is 0 Å². The van der Waals surface area contributed by atoms with Crippen molar-refractivity contribution >= 4 is 11.9 Å². The Morgan fingerprint density at radius 2 is 2.00 bits per heavy atom. The predicted octanol–water partition coefficient (Wildman–Crippen LogP) is 2.59. The Bertz CT molecular complexity index is 818. The van der Waals surface area contributed by atoms with Gasteiger partial charge in [-0.3, -0.25) is 14.3 Å². The Kier molecular flexibility index (Phi) is 5.58. The van der Waals surface area contributed by atoms with Gasteiger partial charge in [-0.05, 0) is 49.9 Å². The standard InChI is InChI=1S/C20H24FN3O3/c1-3-27-19(26)20(13-15-5-7-16(21)8-6-15)10-4-12-24(14-20)18(25)17-9-11-22-23(17)2/h5-9,11H,3-4,10,12-14H2,1-2H3/t20-/m0/s1. The molecule has 1 aromatic heterocycles. The zero-order valence-electron chi connectivity index (χ0n) is 15.7. The fraction of sp³-hybridized carbons (Fsp3) is 0.450. The molecule has 0 radical (unpaired) electrons. The molecule has 27 heavy (non-hydrogen) atoms. The lowest BCUT2D eigenvalue weighted by molar-refractivity contribution is -0.158. The highest BCUT2D eigenvalue weighted by Gasteiger charge is 2.45. The van der Waals surface area contributed by atoms with Crippen molar-refractivity contribution in [3.63, 3.8) is 0 Å². The van der Waals surface area contributed by atoms with Crippen LogP contribution in [0.25, 0.3) is 0 Å². The fourth-order valence-corrected chi connectivity index (χ4v) is 3.71. The minimum Gasteiger partial charge on any atom is -0.466 e. The Labute approximate surface area is 157 Å². The highest BCUT2D eigenvalue weighted by Crippen LogP contribution is 2.36. The number of benzene rings is 1. The van der Waals surface area contributed by atoms with Crippen LogP contribution in [-0.2, 0) is 23.0 Å². The van der Waals surface area contributed by atoms with Crippen LogP contribution in [0.15, 0.2) is 36.5 Å². The second-order valence-electron chi connectivity index (χ2n) is 6.97. The summed E-state index contributed by atoms with van der Waals surface area (Å²) in [5.74, 6) is -0.778. The number of aromatic nitrogens is 2. The zero-order valence-corrected chi connectivity index (χ0v) is 15.7. The van der Waals surface area contributed by atoms with Gasteiger partial charge in [0, 0.05) is 26.3 Å². The van der Waals surface area contributed by atoms with Gasteiger partial charge < -0.3 is 9.64 Å². The van der Waals surface area contributed by atoms with Crippen LogP contribution in [0.2, 0.25) is 0 Å². The average molecular weight is 373 g/mol. The summed E-state index contributed by atoms with van der Waals surface area (Å²) in [6.07, 6.45) is 3.30. The average Bonchev–Trinajstić information content (AvgIpc) is 3.09. The van der Waals surface area contributed by atoms with E-state index >= 15 is 0 Å². The largest absolute Gasteiger partial charge is 0.466 e. The van der Waals surface area contributed by atoms with Crippen LogP contribution >= 0.6 is 0 Å². The fourth-order valence-electron chi connectivity index (χ4n) is 3.71. The van der Waals surface area contributed by atoms with Crippen molar-refractivity contribution in [1.29, 1.82) is 0 Å². The minimum absolute atomic E-state index is 0.150. The molecular formula is C20H24FN3O3. The first-order valence-electron chi connectivity index (χ1n) is 9.14. The molecule has 3 rings (SSSR count). The molecule has 0 spiro atoms. The number of carbonyl (C=O) groups excluding carboxylic acids is 2. The topological polar surface area (TPSA) is 64.4 Å². The van der Waals surface area contributed by atoms with Crippen LogP contribution in [-0.4, -0.2) is 46.3 Å². The van der Waals surface area contributed by atoms with Crippen LogP contribution in [0.3, 0.4) is 0 Å². The molecule has 2 heterocycles. The number of nitrogens with zero attached hydrogens (tertiary/aromatic N) is 3. The molecule has 1 aliphatic rings. The molecule has 1 amide bonds. The lowest BCUT2D eigenvalue weighted by Crippen LogP contribution is -2.52. The molecule has 0 N–H and O–H groups in total. The molecule has 2 aromatic rings. The minimum atomic E-state index is -0.833. The third-order valence-electron chi connectivity index (χ3n) is 5.07. The summed E-state index contributed by atoms with van der Waals surface area (Å²) in [6, 6.07) is 7.80. The first kappa shape index (κ1) is 19.1. The van der Waals surface area contributed by atoms with Gasteiger partial charge in [0.1, 0.15) is 11.5 Å². The van der Waals surface area contributed by atoms with Gasteiger partial charge in [-0.25, -0.2) is 4.39 Å². The second-order valence-corrected chi connectivity index (χ2v) is 6.97. The first-order valence-corrected chi connectivity index (χ1v) is 9.14. The number of ether oxygens (including phenoxy) is 1. The van der Waals surface area contributed by atoms with E-state index in [0.29, 0.717) is 31.5 Å². The van der Waals surface area contributed by atoms with Gasteiger partial charge in [0.25, 0.3) is 5.91 Å². The molecule has 7 heteroatoms. The van der Waals surface area contributed by atoms with Gasteiger partial charge in [-0.15, -0.1) is 0 Å². The molecule has 6 nitrogen and oxygen atoms in total. The molecule has 144 valence electrons. The van der Waals surface area contributed by atoms with Gasteiger partial charge >= 0.3 is 5.97 Å². The van der Waals surface area contributed by atoms with Gasteiger partial charge in [0.2, 0.25) is 0 Å². The first-order chi connectivity index (χ1) is 12.9. The van der Waals surface area contributed by atoms with Crippen LogP contribution in [0, 0.1) is 11.2 Å². The number of carbonyl (C=O) groups is 2. The van der Waals surface area contributed by atoms with E-state index in [1.54, 1.807) is 43.3 Å². The van der Waals surface area contributed by atoms with E-state index in [9.17, 15) is 14.0 Å². The van der Waals surface area contributed by atoms with E-state index in [-0.39, 0.29) is 30.8 Å². The van der Waals surface area contributed by atoms with Crippen LogP contribution < -0.4 is 0 Å². The molecule has 1 aliphatic heterocycles. The van der Waals surface area contributed by atoms with E-state index in [4.69, 9.17) is 4.74 Å². The summed E-state index contributed by atoms with van der Waals surface area (Å²) < 4.78 is 20.1. The highest BCUT2D eigenvalue weighted by atomic mass is 19.1. The smallest absolute Gasteiger partial charge is 0.314 e. The van der Waals surface area contributed by atoms with E-state index in [0.717, 1.165) is 5.56 Å². The van der Waals surface area contributed by atoms with Gasteiger partial charge in [-0.1, -0.05) is 12.1 Å². The number of esters is 1. The second kappa shape index (κ2) is 7.90. The van der Waals surface area contributed by atoms with E-state index in [1.807, 2.05) is 0 Å². The maximum absolute atomic E-state index is 13.3. The maximum Gasteiger partial charge on any atom is 0.314 e. The van der Waals surface area contributed by atoms with Crippen molar-refractivity contribution in [3.05, 3.63) is 53.6 Å². The van der Waals surface area contributed by atoms with Crippen LogP contribution in [0.5, 0.6) is 0 Å². The maximum atomic E-state index is 13.3. The number of hydrogen-bond donors (Lipinski definition) is 0. The third-order valence-corrected chi connectivity index (χ3v) is 5.07. The zero-order chi connectivity index (χ0) is 19.4. The van der Waals surface area contributed by atoms with E-state index < -0.39 is 5.41 Å².